The van der Waals surface area contributed by atoms with Gasteiger partial charge in [0.15, 0.2) is 0 Å². The van der Waals surface area contributed by atoms with Crippen LogP contribution in [0.4, 0.5) is 0 Å². The fraction of sp³-hybridized carbons (Fsp3) is 0.857. The first-order chi connectivity index (χ1) is 8.56. The van der Waals surface area contributed by atoms with Gasteiger partial charge in [-0.05, 0) is 44.4 Å². The third-order valence-electron chi connectivity index (χ3n) is 4.39. The molecular weight excluding hydrogens is 228 g/mol. The Morgan fingerprint density at radius 3 is 2.72 bits per heavy atom. The summed E-state index contributed by atoms with van der Waals surface area (Å²) in [6, 6.07) is 2.30. The van der Waals surface area contributed by atoms with E-state index in [0.717, 1.165) is 38.5 Å². The number of amides is 1. The van der Waals surface area contributed by atoms with Crippen LogP contribution in [0.1, 0.15) is 51.9 Å². The molecule has 0 aliphatic heterocycles. The summed E-state index contributed by atoms with van der Waals surface area (Å²) in [5.74, 6) is 0.0373. The van der Waals surface area contributed by atoms with Gasteiger partial charge in [0, 0.05) is 0 Å². The quantitative estimate of drug-likeness (QED) is 0.784. The van der Waals surface area contributed by atoms with Gasteiger partial charge in [0.25, 0.3) is 0 Å². The lowest BCUT2D eigenvalue weighted by Crippen LogP contribution is -2.52. The number of aliphatic hydroxyl groups excluding tert-OH is 1. The normalized spacial score (nSPS) is 40.2. The van der Waals surface area contributed by atoms with Crippen molar-refractivity contribution < 1.29 is 9.90 Å². The Balaban J connectivity index is 2.02. The number of hydrogen-bond donors (Lipinski definition) is 2. The van der Waals surface area contributed by atoms with Gasteiger partial charge in [0.2, 0.25) is 5.91 Å². The maximum Gasteiger partial charge on any atom is 0.226 e. The van der Waals surface area contributed by atoms with E-state index in [0.29, 0.717) is 12.3 Å². The summed E-state index contributed by atoms with van der Waals surface area (Å²) >= 11 is 0. The molecule has 4 nitrogen and oxygen atoms in total. The molecule has 2 aliphatic carbocycles. The Hall–Kier alpha value is -1.08. The van der Waals surface area contributed by atoms with Gasteiger partial charge < -0.3 is 10.4 Å². The Labute approximate surface area is 108 Å². The highest BCUT2D eigenvalue weighted by Crippen LogP contribution is 2.33. The van der Waals surface area contributed by atoms with Crippen LogP contribution < -0.4 is 5.32 Å². The molecule has 0 aromatic heterocycles. The molecule has 18 heavy (non-hydrogen) atoms. The molecule has 0 aromatic carbocycles. The molecule has 0 radical (unpaired) electrons. The Kier molecular flexibility index (Phi) is 3.91. The van der Waals surface area contributed by atoms with Crippen molar-refractivity contribution in [3.05, 3.63) is 0 Å². The lowest BCUT2D eigenvalue weighted by atomic mass is 9.77. The Bertz CT molecular complexity index is 363. The minimum Gasteiger partial charge on any atom is -0.392 e. The van der Waals surface area contributed by atoms with Crippen LogP contribution in [0.5, 0.6) is 0 Å². The number of carbonyl (C=O) groups is 1. The first-order valence-electron chi connectivity index (χ1n) is 6.98. The van der Waals surface area contributed by atoms with Gasteiger partial charge in [-0.2, -0.15) is 5.26 Å². The van der Waals surface area contributed by atoms with E-state index in [9.17, 15) is 15.2 Å². The highest BCUT2D eigenvalue weighted by molar-refractivity contribution is 5.80. The van der Waals surface area contributed by atoms with E-state index < -0.39 is 11.6 Å². The second-order valence-electron chi connectivity index (χ2n) is 5.99. The summed E-state index contributed by atoms with van der Waals surface area (Å²) in [7, 11) is 0. The van der Waals surface area contributed by atoms with Crippen molar-refractivity contribution in [1.82, 2.24) is 5.32 Å². The molecule has 0 aromatic rings. The van der Waals surface area contributed by atoms with E-state index >= 15 is 0 Å². The van der Waals surface area contributed by atoms with Crippen molar-refractivity contribution in [2.45, 2.75) is 63.5 Å². The van der Waals surface area contributed by atoms with E-state index in [-0.39, 0.29) is 11.8 Å². The smallest absolute Gasteiger partial charge is 0.226 e. The SMILES string of the molecule is CC1CCCC(C#N)(NC(=O)C2CCCC2O)C1. The first-order valence-corrected chi connectivity index (χ1v) is 6.98. The van der Waals surface area contributed by atoms with Crippen LogP contribution in [0.25, 0.3) is 0 Å². The molecule has 0 spiro atoms. The summed E-state index contributed by atoms with van der Waals surface area (Å²) in [5, 5.41) is 22.1. The topological polar surface area (TPSA) is 73.1 Å². The molecule has 0 saturated heterocycles. The lowest BCUT2D eigenvalue weighted by Gasteiger charge is -2.36. The van der Waals surface area contributed by atoms with Gasteiger partial charge in [-0.1, -0.05) is 13.3 Å². The highest BCUT2D eigenvalue weighted by Gasteiger charge is 2.40. The predicted molar refractivity (Wildman–Crippen MR) is 67.5 cm³/mol. The van der Waals surface area contributed by atoms with Crippen molar-refractivity contribution in [1.29, 1.82) is 5.26 Å². The van der Waals surface area contributed by atoms with Crippen molar-refractivity contribution in [3.63, 3.8) is 0 Å². The van der Waals surface area contributed by atoms with Crippen LogP contribution in [-0.2, 0) is 4.79 Å². The van der Waals surface area contributed by atoms with Crippen molar-refractivity contribution in [2.75, 3.05) is 0 Å². The van der Waals surface area contributed by atoms with E-state index in [4.69, 9.17) is 0 Å². The number of aliphatic hydroxyl groups is 1. The van der Waals surface area contributed by atoms with E-state index in [1.54, 1.807) is 0 Å². The van der Waals surface area contributed by atoms with Crippen molar-refractivity contribution in [2.24, 2.45) is 11.8 Å². The number of hydrogen-bond acceptors (Lipinski definition) is 3. The van der Waals surface area contributed by atoms with Crippen LogP contribution in [0, 0.1) is 23.2 Å². The predicted octanol–water partition coefficient (Wildman–Crippen LogP) is 1.74. The zero-order chi connectivity index (χ0) is 13.2. The Morgan fingerprint density at radius 2 is 2.17 bits per heavy atom. The zero-order valence-electron chi connectivity index (χ0n) is 11.0. The minimum atomic E-state index is -0.697. The number of carbonyl (C=O) groups excluding carboxylic acids is 1. The maximum absolute atomic E-state index is 12.2. The molecule has 2 N–H and O–H groups in total. The second kappa shape index (κ2) is 5.27. The van der Waals surface area contributed by atoms with Crippen LogP contribution in [-0.4, -0.2) is 22.7 Å². The number of nitrogens with zero attached hydrogens (tertiary/aromatic N) is 1. The summed E-state index contributed by atoms with van der Waals surface area (Å²) in [6.45, 7) is 2.13. The minimum absolute atomic E-state index is 0.129. The number of rotatable bonds is 2. The average Bonchev–Trinajstić information content (AvgIpc) is 2.75. The van der Waals surface area contributed by atoms with Crippen LogP contribution in [0.15, 0.2) is 0 Å². The lowest BCUT2D eigenvalue weighted by molar-refractivity contribution is -0.129. The van der Waals surface area contributed by atoms with Gasteiger partial charge in [-0.15, -0.1) is 0 Å². The molecular formula is C14H22N2O2. The van der Waals surface area contributed by atoms with Crippen molar-refractivity contribution >= 4 is 5.91 Å². The third-order valence-corrected chi connectivity index (χ3v) is 4.39. The molecule has 2 saturated carbocycles. The molecule has 0 heterocycles. The molecule has 2 rings (SSSR count). The number of nitrogens with one attached hydrogen (secondary N) is 1. The van der Waals surface area contributed by atoms with Crippen molar-refractivity contribution in [3.8, 4) is 6.07 Å². The molecule has 0 bridgehead atoms. The molecule has 1 amide bonds. The maximum atomic E-state index is 12.2. The summed E-state index contributed by atoms with van der Waals surface area (Å²) < 4.78 is 0. The van der Waals surface area contributed by atoms with Gasteiger partial charge in [0.05, 0.1) is 18.1 Å². The Morgan fingerprint density at radius 1 is 1.39 bits per heavy atom. The molecule has 4 atom stereocenters. The van der Waals surface area contributed by atoms with Gasteiger partial charge in [-0.25, -0.2) is 0 Å². The second-order valence-corrected chi connectivity index (χ2v) is 5.99. The summed E-state index contributed by atoms with van der Waals surface area (Å²) in [5.41, 5.74) is -0.697. The highest BCUT2D eigenvalue weighted by atomic mass is 16.3. The standard InChI is InChI=1S/C14H22N2O2/c1-10-4-3-7-14(8-10,9-15)16-13(18)11-5-2-6-12(11)17/h10-12,17H,2-8H2,1H3,(H,16,18). The van der Waals surface area contributed by atoms with Gasteiger partial charge >= 0.3 is 0 Å². The van der Waals surface area contributed by atoms with Gasteiger partial charge in [-0.3, -0.25) is 4.79 Å². The van der Waals surface area contributed by atoms with Crippen LogP contribution in [0.3, 0.4) is 0 Å². The van der Waals surface area contributed by atoms with Crippen LogP contribution >= 0.6 is 0 Å². The zero-order valence-corrected chi connectivity index (χ0v) is 11.0. The van der Waals surface area contributed by atoms with Crippen LogP contribution in [0.2, 0.25) is 0 Å². The average molecular weight is 250 g/mol. The van der Waals surface area contributed by atoms with E-state index in [2.05, 4.69) is 18.3 Å². The van der Waals surface area contributed by atoms with Gasteiger partial charge in [0.1, 0.15) is 5.54 Å². The summed E-state index contributed by atoms with van der Waals surface area (Å²) in [6.07, 6.45) is 5.41. The summed E-state index contributed by atoms with van der Waals surface area (Å²) in [4.78, 5) is 12.2. The molecule has 2 fully saturated rings. The number of nitriles is 1. The molecule has 2 aliphatic rings. The van der Waals surface area contributed by atoms with E-state index in [1.165, 1.54) is 0 Å². The largest absolute Gasteiger partial charge is 0.392 e. The molecule has 100 valence electrons. The monoisotopic (exact) mass is 250 g/mol. The fourth-order valence-corrected chi connectivity index (χ4v) is 3.37. The van der Waals surface area contributed by atoms with E-state index in [1.807, 2.05) is 0 Å². The third kappa shape index (κ3) is 2.67. The first kappa shape index (κ1) is 13.4. The fourth-order valence-electron chi connectivity index (χ4n) is 3.37. The molecule has 4 heteroatoms. The molecule has 4 unspecified atom stereocenters.